The summed E-state index contributed by atoms with van der Waals surface area (Å²) in [5, 5.41) is 12.3. The summed E-state index contributed by atoms with van der Waals surface area (Å²) in [6, 6.07) is 0. The molecule has 0 saturated carbocycles. The van der Waals surface area contributed by atoms with Crippen LogP contribution in [-0.4, -0.2) is 35.0 Å². The summed E-state index contributed by atoms with van der Waals surface area (Å²) < 4.78 is 24.2. The number of rotatable bonds is 5. The van der Waals surface area contributed by atoms with Gasteiger partial charge in [0.2, 0.25) is 0 Å². The first-order valence-corrected chi connectivity index (χ1v) is 6.18. The SMILES string of the molecule is CCn1cc(CS(=O)(=O)CC(=O)O)cn1. The normalized spacial score (nSPS) is 11.5. The van der Waals surface area contributed by atoms with Crippen LogP contribution >= 0.6 is 0 Å². The monoisotopic (exact) mass is 232 g/mol. The zero-order chi connectivity index (χ0) is 11.5. The molecule has 15 heavy (non-hydrogen) atoms. The van der Waals surface area contributed by atoms with Crippen LogP contribution in [0.1, 0.15) is 12.5 Å². The Morgan fingerprint density at radius 2 is 2.27 bits per heavy atom. The zero-order valence-electron chi connectivity index (χ0n) is 8.25. The van der Waals surface area contributed by atoms with E-state index < -0.39 is 21.6 Å². The molecule has 7 heteroatoms. The van der Waals surface area contributed by atoms with Crippen molar-refractivity contribution in [1.29, 1.82) is 0 Å². The predicted octanol–water partition coefficient (Wildman–Crippen LogP) is -0.0976. The molecular formula is C8H12N2O4S. The van der Waals surface area contributed by atoms with Gasteiger partial charge >= 0.3 is 5.97 Å². The van der Waals surface area contributed by atoms with E-state index in [-0.39, 0.29) is 5.75 Å². The van der Waals surface area contributed by atoms with E-state index in [0.717, 1.165) is 0 Å². The highest BCUT2D eigenvalue weighted by molar-refractivity contribution is 7.91. The topological polar surface area (TPSA) is 89.3 Å². The lowest BCUT2D eigenvalue weighted by Crippen LogP contribution is -2.16. The number of carboxylic acid groups (broad SMARTS) is 1. The van der Waals surface area contributed by atoms with Crippen LogP contribution in [0.15, 0.2) is 12.4 Å². The van der Waals surface area contributed by atoms with E-state index in [1.807, 2.05) is 6.92 Å². The third-order valence-electron chi connectivity index (χ3n) is 1.74. The molecule has 0 amide bonds. The van der Waals surface area contributed by atoms with Crippen LogP contribution < -0.4 is 0 Å². The lowest BCUT2D eigenvalue weighted by atomic mass is 10.4. The molecular weight excluding hydrogens is 220 g/mol. The highest BCUT2D eigenvalue weighted by atomic mass is 32.2. The first-order valence-electron chi connectivity index (χ1n) is 4.36. The summed E-state index contributed by atoms with van der Waals surface area (Å²) in [5.74, 6) is -2.46. The smallest absolute Gasteiger partial charge is 0.318 e. The van der Waals surface area contributed by atoms with Gasteiger partial charge in [-0.3, -0.25) is 9.48 Å². The van der Waals surface area contributed by atoms with Crippen molar-refractivity contribution in [2.45, 2.75) is 19.2 Å². The molecule has 0 aliphatic rings. The number of carboxylic acids is 1. The molecule has 6 nitrogen and oxygen atoms in total. The van der Waals surface area contributed by atoms with Gasteiger partial charge in [0.15, 0.2) is 9.84 Å². The van der Waals surface area contributed by atoms with Gasteiger partial charge in [0, 0.05) is 18.3 Å². The molecule has 0 aliphatic heterocycles. The van der Waals surface area contributed by atoms with Crippen molar-refractivity contribution < 1.29 is 18.3 Å². The van der Waals surface area contributed by atoms with Crippen molar-refractivity contribution in [3.05, 3.63) is 18.0 Å². The molecule has 0 atom stereocenters. The number of carbonyl (C=O) groups is 1. The Labute approximate surface area is 87.4 Å². The Hall–Kier alpha value is -1.37. The molecule has 0 saturated heterocycles. The molecule has 84 valence electrons. The number of hydrogen-bond donors (Lipinski definition) is 1. The van der Waals surface area contributed by atoms with Gasteiger partial charge in [-0.2, -0.15) is 5.10 Å². The van der Waals surface area contributed by atoms with E-state index >= 15 is 0 Å². The average Bonchev–Trinajstić information content (AvgIpc) is 2.48. The number of nitrogens with zero attached hydrogens (tertiary/aromatic N) is 2. The van der Waals surface area contributed by atoms with Crippen molar-refractivity contribution in [2.75, 3.05) is 5.75 Å². The first-order chi connectivity index (χ1) is 6.93. The van der Waals surface area contributed by atoms with Gasteiger partial charge in [0.25, 0.3) is 0 Å². The fourth-order valence-electron chi connectivity index (χ4n) is 1.15. The number of aliphatic carboxylic acids is 1. The number of aromatic nitrogens is 2. The van der Waals surface area contributed by atoms with E-state index in [1.165, 1.54) is 6.20 Å². The molecule has 0 radical (unpaired) electrons. The third-order valence-corrected chi connectivity index (χ3v) is 3.20. The molecule has 0 spiro atoms. The molecule has 0 aromatic carbocycles. The van der Waals surface area contributed by atoms with Crippen LogP contribution in [0, 0.1) is 0 Å². The van der Waals surface area contributed by atoms with Crippen molar-refractivity contribution >= 4 is 15.8 Å². The number of hydrogen-bond acceptors (Lipinski definition) is 4. The summed E-state index contributed by atoms with van der Waals surface area (Å²) in [6.07, 6.45) is 3.03. The Morgan fingerprint density at radius 3 is 2.73 bits per heavy atom. The maximum absolute atomic E-state index is 11.3. The molecule has 0 bridgehead atoms. The lowest BCUT2D eigenvalue weighted by Gasteiger charge is -1.97. The lowest BCUT2D eigenvalue weighted by molar-refractivity contribution is -0.134. The number of aryl methyl sites for hydroxylation is 1. The number of sulfone groups is 1. The molecule has 0 unspecified atom stereocenters. The van der Waals surface area contributed by atoms with Crippen molar-refractivity contribution in [2.24, 2.45) is 0 Å². The van der Waals surface area contributed by atoms with Crippen molar-refractivity contribution in [1.82, 2.24) is 9.78 Å². The largest absolute Gasteiger partial charge is 0.480 e. The Balaban J connectivity index is 2.73. The van der Waals surface area contributed by atoms with Gasteiger partial charge < -0.3 is 5.11 Å². The fourth-order valence-corrected chi connectivity index (χ4v) is 2.28. The minimum atomic E-state index is -3.58. The van der Waals surface area contributed by atoms with Crippen LogP contribution in [0.25, 0.3) is 0 Å². The van der Waals surface area contributed by atoms with Gasteiger partial charge in [-0.1, -0.05) is 0 Å². The van der Waals surface area contributed by atoms with E-state index in [1.54, 1.807) is 10.9 Å². The van der Waals surface area contributed by atoms with Crippen LogP contribution in [0.3, 0.4) is 0 Å². The highest BCUT2D eigenvalue weighted by Crippen LogP contribution is 2.05. The fraction of sp³-hybridized carbons (Fsp3) is 0.500. The van der Waals surface area contributed by atoms with Crippen molar-refractivity contribution in [3.63, 3.8) is 0 Å². The Morgan fingerprint density at radius 1 is 1.60 bits per heavy atom. The van der Waals surface area contributed by atoms with E-state index in [4.69, 9.17) is 5.11 Å². The van der Waals surface area contributed by atoms with E-state index in [9.17, 15) is 13.2 Å². The molecule has 1 aromatic heterocycles. The van der Waals surface area contributed by atoms with Crippen LogP contribution in [0.2, 0.25) is 0 Å². The molecule has 0 aliphatic carbocycles. The quantitative estimate of drug-likeness (QED) is 0.765. The standard InChI is InChI=1S/C8H12N2O4S/c1-2-10-4-7(3-9-10)5-15(13,14)6-8(11)12/h3-4H,2,5-6H2,1H3,(H,11,12). The molecule has 1 aromatic rings. The van der Waals surface area contributed by atoms with Gasteiger partial charge in [-0.25, -0.2) is 8.42 Å². The predicted molar refractivity (Wildman–Crippen MR) is 53.0 cm³/mol. The van der Waals surface area contributed by atoms with E-state index in [0.29, 0.717) is 12.1 Å². The highest BCUT2D eigenvalue weighted by Gasteiger charge is 2.17. The summed E-state index contributed by atoms with van der Waals surface area (Å²) in [6.45, 7) is 2.53. The molecule has 1 rings (SSSR count). The van der Waals surface area contributed by atoms with Gasteiger partial charge in [-0.05, 0) is 6.92 Å². The molecule has 1 N–H and O–H groups in total. The minimum absolute atomic E-state index is 0.278. The van der Waals surface area contributed by atoms with Crippen LogP contribution in [0.4, 0.5) is 0 Å². The summed E-state index contributed by atoms with van der Waals surface area (Å²) in [4.78, 5) is 10.3. The Kier molecular flexibility index (Phi) is 3.46. The zero-order valence-corrected chi connectivity index (χ0v) is 9.07. The van der Waals surface area contributed by atoms with Gasteiger partial charge in [0.1, 0.15) is 5.75 Å². The van der Waals surface area contributed by atoms with Gasteiger partial charge in [-0.15, -0.1) is 0 Å². The maximum Gasteiger partial charge on any atom is 0.318 e. The Bertz CT molecular complexity index is 449. The third kappa shape index (κ3) is 3.70. The molecule has 0 fully saturated rings. The van der Waals surface area contributed by atoms with Gasteiger partial charge in [0.05, 0.1) is 11.9 Å². The van der Waals surface area contributed by atoms with E-state index in [2.05, 4.69) is 5.10 Å². The van der Waals surface area contributed by atoms with Crippen LogP contribution in [0.5, 0.6) is 0 Å². The summed E-state index contributed by atoms with van der Waals surface area (Å²) in [5.41, 5.74) is 0.512. The summed E-state index contributed by atoms with van der Waals surface area (Å²) in [7, 11) is -3.58. The summed E-state index contributed by atoms with van der Waals surface area (Å²) >= 11 is 0. The maximum atomic E-state index is 11.3. The molecule has 1 heterocycles. The minimum Gasteiger partial charge on any atom is -0.480 e. The second kappa shape index (κ2) is 4.43. The second-order valence-electron chi connectivity index (χ2n) is 3.13. The average molecular weight is 232 g/mol. The second-order valence-corrected chi connectivity index (χ2v) is 5.19. The van der Waals surface area contributed by atoms with Crippen molar-refractivity contribution in [3.8, 4) is 0 Å². The van der Waals surface area contributed by atoms with Crippen LogP contribution in [-0.2, 0) is 26.9 Å². The first kappa shape index (κ1) is 11.7.